The van der Waals surface area contributed by atoms with Crippen molar-refractivity contribution < 1.29 is 14.3 Å². The largest absolute Gasteiger partial charge is 0.484 e. The first kappa shape index (κ1) is 25.9. The Morgan fingerprint density at radius 1 is 1.03 bits per heavy atom. The van der Waals surface area contributed by atoms with Crippen molar-refractivity contribution in [3.8, 4) is 5.75 Å². The lowest BCUT2D eigenvalue weighted by molar-refractivity contribution is -0.132. The van der Waals surface area contributed by atoms with E-state index < -0.39 is 0 Å². The van der Waals surface area contributed by atoms with Crippen LogP contribution in [0.5, 0.6) is 5.75 Å². The number of carbonyl (C=O) groups is 2. The highest BCUT2D eigenvalue weighted by Crippen LogP contribution is 2.30. The summed E-state index contributed by atoms with van der Waals surface area (Å²) < 4.78 is 5.63. The molecule has 0 radical (unpaired) electrons. The zero-order valence-corrected chi connectivity index (χ0v) is 21.4. The van der Waals surface area contributed by atoms with E-state index in [0.717, 1.165) is 25.2 Å². The molecule has 1 fully saturated rings. The van der Waals surface area contributed by atoms with Crippen molar-refractivity contribution >= 4 is 34.8 Å². The molecule has 184 valence electrons. The lowest BCUT2D eigenvalue weighted by Crippen LogP contribution is -2.49. The Hall–Kier alpha value is -2.73. The maximum Gasteiger partial charge on any atom is 0.262 e. The van der Waals surface area contributed by atoms with Gasteiger partial charge in [-0.25, -0.2) is 0 Å². The molecule has 7 heteroatoms. The van der Waals surface area contributed by atoms with Gasteiger partial charge in [-0.1, -0.05) is 51.4 Å². The van der Waals surface area contributed by atoms with Gasteiger partial charge in [-0.05, 0) is 54.2 Å². The predicted octanol–water partition coefficient (Wildman–Crippen LogP) is 5.57. The normalized spacial score (nSPS) is 14.8. The number of piperazine rings is 1. The summed E-state index contributed by atoms with van der Waals surface area (Å²) in [6.07, 6.45) is 1.67. The van der Waals surface area contributed by atoms with Gasteiger partial charge in [0, 0.05) is 38.3 Å². The van der Waals surface area contributed by atoms with Crippen LogP contribution >= 0.6 is 11.6 Å². The molecule has 0 aromatic heterocycles. The Labute approximate surface area is 208 Å². The highest BCUT2D eigenvalue weighted by Gasteiger charge is 2.23. The first-order valence-electron chi connectivity index (χ1n) is 12.1. The third kappa shape index (κ3) is 7.13. The molecule has 0 saturated carbocycles. The van der Waals surface area contributed by atoms with Crippen molar-refractivity contribution in [3.05, 3.63) is 53.1 Å². The quantitative estimate of drug-likeness (QED) is 0.504. The number of rotatable bonds is 9. The summed E-state index contributed by atoms with van der Waals surface area (Å²) in [4.78, 5) is 28.8. The van der Waals surface area contributed by atoms with Crippen LogP contribution in [0.3, 0.4) is 0 Å². The van der Waals surface area contributed by atoms with Crippen molar-refractivity contribution in [2.24, 2.45) is 5.92 Å². The average molecular weight is 486 g/mol. The Morgan fingerprint density at radius 3 is 2.29 bits per heavy atom. The molecule has 0 aliphatic carbocycles. The summed E-state index contributed by atoms with van der Waals surface area (Å²) in [6, 6.07) is 13.4. The summed E-state index contributed by atoms with van der Waals surface area (Å²) in [6.45, 7) is 11.2. The second-order valence-electron chi connectivity index (χ2n) is 9.35. The number of carbonyl (C=O) groups excluding carboxylic acids is 2. The first-order chi connectivity index (χ1) is 16.3. The van der Waals surface area contributed by atoms with E-state index >= 15 is 0 Å². The van der Waals surface area contributed by atoms with Gasteiger partial charge in [-0.2, -0.15) is 0 Å². The third-order valence-electron chi connectivity index (χ3n) is 6.22. The molecule has 0 spiro atoms. The van der Waals surface area contributed by atoms with Crippen LogP contribution in [-0.2, 0) is 9.59 Å². The summed E-state index contributed by atoms with van der Waals surface area (Å²) in [7, 11) is 0. The second-order valence-corrected chi connectivity index (χ2v) is 9.75. The van der Waals surface area contributed by atoms with Crippen molar-refractivity contribution in [1.29, 1.82) is 0 Å². The fraction of sp³-hybridized carbons (Fsp3) is 0.481. The van der Waals surface area contributed by atoms with E-state index in [-0.39, 0.29) is 18.4 Å². The number of hydrogen-bond donors (Lipinski definition) is 1. The topological polar surface area (TPSA) is 61.9 Å². The fourth-order valence-electron chi connectivity index (χ4n) is 3.99. The minimum atomic E-state index is -0.243. The standard InChI is InChI=1S/C27H36ClN3O3/c1-5-20(4)21-6-9-23(10-7-21)34-18-26(32)29-22-8-11-25(24(28)17-22)30-12-14-31(15-13-30)27(33)16-19(2)3/h6-11,17,19-20H,5,12-16,18H2,1-4H3,(H,29,32). The maximum absolute atomic E-state index is 12.4. The van der Waals surface area contributed by atoms with E-state index in [0.29, 0.717) is 47.8 Å². The number of amides is 2. The van der Waals surface area contributed by atoms with Gasteiger partial charge in [0.05, 0.1) is 10.7 Å². The molecule has 1 unspecified atom stereocenters. The molecule has 34 heavy (non-hydrogen) atoms. The number of hydrogen-bond acceptors (Lipinski definition) is 4. The smallest absolute Gasteiger partial charge is 0.262 e. The molecule has 1 atom stereocenters. The van der Waals surface area contributed by atoms with Crippen LogP contribution in [-0.4, -0.2) is 49.5 Å². The molecule has 2 amide bonds. The summed E-state index contributed by atoms with van der Waals surface area (Å²) >= 11 is 6.53. The van der Waals surface area contributed by atoms with E-state index in [2.05, 4.69) is 37.9 Å². The zero-order chi connectivity index (χ0) is 24.7. The number of halogens is 1. The van der Waals surface area contributed by atoms with Gasteiger partial charge in [-0.15, -0.1) is 0 Å². The van der Waals surface area contributed by atoms with Gasteiger partial charge < -0.3 is 19.9 Å². The van der Waals surface area contributed by atoms with E-state index in [4.69, 9.17) is 16.3 Å². The lowest BCUT2D eigenvalue weighted by atomic mass is 9.99. The Balaban J connectivity index is 1.49. The van der Waals surface area contributed by atoms with E-state index in [9.17, 15) is 9.59 Å². The summed E-state index contributed by atoms with van der Waals surface area (Å²) in [5.74, 6) is 1.51. The summed E-state index contributed by atoms with van der Waals surface area (Å²) in [5.41, 5.74) is 2.80. The van der Waals surface area contributed by atoms with Gasteiger partial charge in [0.1, 0.15) is 5.75 Å². The number of nitrogens with zero attached hydrogens (tertiary/aromatic N) is 2. The van der Waals surface area contributed by atoms with Crippen LogP contribution in [0.4, 0.5) is 11.4 Å². The monoisotopic (exact) mass is 485 g/mol. The molecule has 6 nitrogen and oxygen atoms in total. The van der Waals surface area contributed by atoms with Crippen molar-refractivity contribution in [2.45, 2.75) is 46.5 Å². The average Bonchev–Trinajstić information content (AvgIpc) is 2.82. The van der Waals surface area contributed by atoms with Crippen molar-refractivity contribution in [2.75, 3.05) is 43.0 Å². The molecular formula is C27H36ClN3O3. The Bertz CT molecular complexity index is 970. The number of anilines is 2. The van der Waals surface area contributed by atoms with Crippen LogP contribution in [0, 0.1) is 5.92 Å². The first-order valence-corrected chi connectivity index (χ1v) is 12.5. The van der Waals surface area contributed by atoms with Crippen LogP contribution < -0.4 is 15.0 Å². The van der Waals surface area contributed by atoms with Gasteiger partial charge in [0.15, 0.2) is 6.61 Å². The van der Waals surface area contributed by atoms with E-state index in [1.165, 1.54) is 5.56 Å². The molecule has 0 bridgehead atoms. The highest BCUT2D eigenvalue weighted by atomic mass is 35.5. The maximum atomic E-state index is 12.4. The Kier molecular flexibility index (Phi) is 9.22. The molecule has 1 aliphatic rings. The fourth-order valence-corrected chi connectivity index (χ4v) is 4.29. The number of benzene rings is 2. The van der Waals surface area contributed by atoms with Crippen molar-refractivity contribution in [1.82, 2.24) is 4.90 Å². The molecule has 3 rings (SSSR count). The molecule has 1 aliphatic heterocycles. The SMILES string of the molecule is CCC(C)c1ccc(OCC(=O)Nc2ccc(N3CCN(C(=O)CC(C)C)CC3)c(Cl)c2)cc1. The van der Waals surface area contributed by atoms with Crippen LogP contribution in [0.15, 0.2) is 42.5 Å². The second kappa shape index (κ2) is 12.1. The molecule has 1 heterocycles. The van der Waals surface area contributed by atoms with Gasteiger partial charge in [-0.3, -0.25) is 9.59 Å². The molecule has 1 saturated heterocycles. The van der Waals surface area contributed by atoms with Crippen LogP contribution in [0.2, 0.25) is 5.02 Å². The Morgan fingerprint density at radius 2 is 1.71 bits per heavy atom. The minimum Gasteiger partial charge on any atom is -0.484 e. The number of ether oxygens (including phenoxy) is 1. The van der Waals surface area contributed by atoms with Gasteiger partial charge in [0.2, 0.25) is 5.91 Å². The molecule has 2 aromatic carbocycles. The molecule has 2 aromatic rings. The minimum absolute atomic E-state index is 0.0750. The van der Waals surface area contributed by atoms with Gasteiger partial charge in [0.25, 0.3) is 5.91 Å². The zero-order valence-electron chi connectivity index (χ0n) is 20.6. The summed E-state index contributed by atoms with van der Waals surface area (Å²) in [5, 5.41) is 3.41. The van der Waals surface area contributed by atoms with Crippen LogP contribution in [0.1, 0.15) is 52.0 Å². The highest BCUT2D eigenvalue weighted by molar-refractivity contribution is 6.33. The van der Waals surface area contributed by atoms with Gasteiger partial charge >= 0.3 is 0 Å². The molecule has 1 N–H and O–H groups in total. The molecular weight excluding hydrogens is 450 g/mol. The lowest BCUT2D eigenvalue weighted by Gasteiger charge is -2.36. The third-order valence-corrected chi connectivity index (χ3v) is 6.52. The van der Waals surface area contributed by atoms with Crippen LogP contribution in [0.25, 0.3) is 0 Å². The number of nitrogens with one attached hydrogen (secondary N) is 1. The predicted molar refractivity (Wildman–Crippen MR) is 139 cm³/mol. The van der Waals surface area contributed by atoms with Crippen molar-refractivity contribution in [3.63, 3.8) is 0 Å². The van der Waals surface area contributed by atoms with E-state index in [1.807, 2.05) is 41.3 Å². The van der Waals surface area contributed by atoms with E-state index in [1.54, 1.807) is 6.07 Å².